The summed E-state index contributed by atoms with van der Waals surface area (Å²) in [5.41, 5.74) is 0. The van der Waals surface area contributed by atoms with Gasteiger partial charge in [-0.15, -0.1) is 0 Å². The van der Waals surface area contributed by atoms with Crippen LogP contribution < -0.4 is 4.72 Å². The van der Waals surface area contributed by atoms with Crippen molar-refractivity contribution >= 4 is 21.6 Å². The van der Waals surface area contributed by atoms with Crippen molar-refractivity contribution in [3.05, 3.63) is 17.7 Å². The highest BCUT2D eigenvalue weighted by molar-refractivity contribution is 7.89. The fourth-order valence-electron chi connectivity index (χ4n) is 0.764. The highest BCUT2D eigenvalue weighted by Crippen LogP contribution is 2.06. The lowest BCUT2D eigenvalue weighted by Crippen LogP contribution is -2.24. The van der Waals surface area contributed by atoms with Crippen LogP contribution >= 0.6 is 11.6 Å². The quantitative estimate of drug-likeness (QED) is 0.610. The molecule has 1 aromatic heterocycles. The Kier molecular flexibility index (Phi) is 3.96. The third-order valence-electron chi connectivity index (χ3n) is 1.44. The van der Waals surface area contributed by atoms with Crippen LogP contribution in [0.3, 0.4) is 0 Å². The van der Waals surface area contributed by atoms with Crippen LogP contribution in [0.2, 0.25) is 5.28 Å². The van der Waals surface area contributed by atoms with Crippen molar-refractivity contribution in [3.63, 3.8) is 0 Å². The molecule has 0 radical (unpaired) electrons. The lowest BCUT2D eigenvalue weighted by Gasteiger charge is -2.03. The highest BCUT2D eigenvalue weighted by Gasteiger charge is 2.13. The Hall–Kier alpha value is -1.23. The second-order valence-electron chi connectivity index (χ2n) is 2.49. The topological polar surface area (TPSA) is 95.7 Å². The maximum Gasteiger partial charge on any atom is 0.243 e. The number of sulfonamides is 1. The molecule has 15 heavy (non-hydrogen) atoms. The van der Waals surface area contributed by atoms with Crippen LogP contribution in [0.5, 0.6) is 0 Å². The van der Waals surface area contributed by atoms with Gasteiger partial charge in [-0.25, -0.2) is 23.1 Å². The first-order valence-electron chi connectivity index (χ1n) is 3.90. The Morgan fingerprint density at radius 2 is 2.07 bits per heavy atom. The minimum Gasteiger partial charge on any atom is -0.225 e. The number of nitrogens with one attached hydrogen (secondary N) is 1. The van der Waals surface area contributed by atoms with Crippen molar-refractivity contribution in [1.29, 1.82) is 5.26 Å². The van der Waals surface area contributed by atoms with Crippen LogP contribution in [-0.2, 0) is 10.0 Å². The fraction of sp³-hybridized carbons (Fsp3) is 0.286. The molecular formula is C7H7ClN4O2S. The van der Waals surface area contributed by atoms with Crippen LogP contribution in [0.4, 0.5) is 0 Å². The van der Waals surface area contributed by atoms with Gasteiger partial charge >= 0.3 is 0 Å². The van der Waals surface area contributed by atoms with E-state index in [9.17, 15) is 8.42 Å². The summed E-state index contributed by atoms with van der Waals surface area (Å²) in [6.45, 7) is 0.0570. The molecule has 0 saturated carbocycles. The molecule has 0 amide bonds. The molecule has 8 heteroatoms. The zero-order valence-corrected chi connectivity index (χ0v) is 9.09. The minimum atomic E-state index is -3.63. The summed E-state index contributed by atoms with van der Waals surface area (Å²) >= 11 is 5.41. The summed E-state index contributed by atoms with van der Waals surface area (Å²) in [6, 6.07) is 1.82. The first-order valence-corrected chi connectivity index (χ1v) is 5.76. The van der Waals surface area contributed by atoms with Gasteiger partial charge in [-0.05, 0) is 11.6 Å². The van der Waals surface area contributed by atoms with E-state index in [1.54, 1.807) is 0 Å². The van der Waals surface area contributed by atoms with E-state index in [-0.39, 0.29) is 23.1 Å². The smallest absolute Gasteiger partial charge is 0.225 e. The number of nitrogens with zero attached hydrogens (tertiary/aromatic N) is 3. The summed E-state index contributed by atoms with van der Waals surface area (Å²) < 4.78 is 25.2. The SMILES string of the molecule is N#CCCNS(=O)(=O)c1cnc(Cl)nc1. The molecule has 0 fully saturated rings. The van der Waals surface area contributed by atoms with Gasteiger partial charge in [-0.2, -0.15) is 5.26 Å². The number of halogens is 1. The van der Waals surface area contributed by atoms with Crippen LogP contribution in [0.1, 0.15) is 6.42 Å². The Balaban J connectivity index is 2.79. The number of nitriles is 1. The molecule has 0 bridgehead atoms. The average molecular weight is 247 g/mol. The van der Waals surface area contributed by atoms with E-state index in [4.69, 9.17) is 16.9 Å². The summed E-state index contributed by atoms with van der Waals surface area (Å²) in [5, 5.41) is 8.22. The van der Waals surface area contributed by atoms with E-state index in [1.807, 2.05) is 6.07 Å². The molecule has 6 nitrogen and oxygen atoms in total. The van der Waals surface area contributed by atoms with E-state index in [1.165, 1.54) is 0 Å². The van der Waals surface area contributed by atoms with Gasteiger partial charge in [-0.3, -0.25) is 0 Å². The zero-order valence-electron chi connectivity index (χ0n) is 7.51. The van der Waals surface area contributed by atoms with E-state index in [0.717, 1.165) is 12.4 Å². The van der Waals surface area contributed by atoms with E-state index in [2.05, 4.69) is 14.7 Å². The largest absolute Gasteiger partial charge is 0.243 e. The second kappa shape index (κ2) is 5.02. The van der Waals surface area contributed by atoms with Crippen molar-refractivity contribution in [2.24, 2.45) is 0 Å². The van der Waals surface area contributed by atoms with Gasteiger partial charge in [0.1, 0.15) is 4.90 Å². The summed E-state index contributed by atoms with van der Waals surface area (Å²) in [7, 11) is -3.63. The van der Waals surface area contributed by atoms with Gasteiger partial charge in [0.05, 0.1) is 18.5 Å². The average Bonchev–Trinajstić information content (AvgIpc) is 2.18. The zero-order chi connectivity index (χ0) is 11.3. The van der Waals surface area contributed by atoms with Gasteiger partial charge < -0.3 is 0 Å². The monoisotopic (exact) mass is 246 g/mol. The van der Waals surface area contributed by atoms with Gasteiger partial charge in [0.2, 0.25) is 15.3 Å². The van der Waals surface area contributed by atoms with Crippen LogP contribution in [0.15, 0.2) is 17.3 Å². The Morgan fingerprint density at radius 1 is 1.47 bits per heavy atom. The first kappa shape index (κ1) is 11.8. The third-order valence-corrected chi connectivity index (χ3v) is 3.05. The van der Waals surface area contributed by atoms with Gasteiger partial charge in [0.25, 0.3) is 0 Å². The highest BCUT2D eigenvalue weighted by atomic mass is 35.5. The lowest BCUT2D eigenvalue weighted by atomic mass is 10.5. The number of aromatic nitrogens is 2. The Morgan fingerprint density at radius 3 is 2.60 bits per heavy atom. The molecular weight excluding hydrogens is 240 g/mol. The molecule has 0 aromatic carbocycles. The van der Waals surface area contributed by atoms with Crippen LogP contribution in [0.25, 0.3) is 0 Å². The van der Waals surface area contributed by atoms with Crippen molar-refractivity contribution in [1.82, 2.24) is 14.7 Å². The summed E-state index contributed by atoms with van der Waals surface area (Å²) in [6.07, 6.45) is 2.31. The van der Waals surface area contributed by atoms with Crippen molar-refractivity contribution in [2.45, 2.75) is 11.3 Å². The summed E-state index contributed by atoms with van der Waals surface area (Å²) in [5.74, 6) is 0. The molecule has 0 aliphatic rings. The number of hydrogen-bond donors (Lipinski definition) is 1. The maximum absolute atomic E-state index is 11.5. The molecule has 1 heterocycles. The molecule has 80 valence electrons. The molecule has 1 rings (SSSR count). The molecule has 0 spiro atoms. The van der Waals surface area contributed by atoms with Gasteiger partial charge in [-0.1, -0.05) is 0 Å². The minimum absolute atomic E-state index is 0.0222. The van der Waals surface area contributed by atoms with Crippen LogP contribution in [-0.4, -0.2) is 24.9 Å². The van der Waals surface area contributed by atoms with Gasteiger partial charge in [0, 0.05) is 13.0 Å². The predicted molar refractivity (Wildman–Crippen MR) is 52.5 cm³/mol. The molecule has 1 aromatic rings. The first-order chi connectivity index (χ1) is 7.06. The molecule has 0 atom stereocenters. The maximum atomic E-state index is 11.5. The Labute approximate surface area is 92.0 Å². The third kappa shape index (κ3) is 3.43. The van der Waals surface area contributed by atoms with E-state index in [0.29, 0.717) is 0 Å². The van der Waals surface area contributed by atoms with E-state index >= 15 is 0 Å². The van der Waals surface area contributed by atoms with Crippen molar-refractivity contribution in [3.8, 4) is 6.07 Å². The van der Waals surface area contributed by atoms with Crippen molar-refractivity contribution < 1.29 is 8.42 Å². The molecule has 0 saturated heterocycles. The van der Waals surface area contributed by atoms with E-state index < -0.39 is 10.0 Å². The lowest BCUT2D eigenvalue weighted by molar-refractivity contribution is 0.581. The standard InChI is InChI=1S/C7H7ClN4O2S/c8-7-10-4-6(5-11-7)15(13,14)12-3-1-2-9/h4-5,12H,1,3H2. The Bertz CT molecular complexity index is 465. The fourth-order valence-corrected chi connectivity index (χ4v) is 1.78. The normalized spacial score (nSPS) is 10.9. The number of rotatable bonds is 4. The molecule has 0 unspecified atom stereocenters. The van der Waals surface area contributed by atoms with Crippen molar-refractivity contribution in [2.75, 3.05) is 6.54 Å². The van der Waals surface area contributed by atoms with Gasteiger partial charge in [0.15, 0.2) is 0 Å². The van der Waals surface area contributed by atoms with Crippen LogP contribution in [0, 0.1) is 11.3 Å². The summed E-state index contributed by atoms with van der Waals surface area (Å²) in [4.78, 5) is 7.01. The predicted octanol–water partition coefficient (Wildman–Crippen LogP) is 0.322. The number of hydrogen-bond acceptors (Lipinski definition) is 5. The molecule has 0 aliphatic heterocycles. The molecule has 1 N–H and O–H groups in total. The second-order valence-corrected chi connectivity index (χ2v) is 4.60. The molecule has 0 aliphatic carbocycles.